The number of rotatable bonds is 11. The molecule has 2 fully saturated rings. The van der Waals surface area contributed by atoms with Gasteiger partial charge in [-0.2, -0.15) is 4.21 Å². The lowest BCUT2D eigenvalue weighted by atomic mass is 9.88. The van der Waals surface area contributed by atoms with Crippen molar-refractivity contribution in [3.63, 3.8) is 0 Å². The van der Waals surface area contributed by atoms with Gasteiger partial charge in [0.15, 0.2) is 0 Å². The van der Waals surface area contributed by atoms with Crippen LogP contribution in [0.2, 0.25) is 0 Å². The molecule has 2 N–H and O–H groups in total. The van der Waals surface area contributed by atoms with E-state index < -0.39 is 11.4 Å². The topological polar surface area (TPSA) is 68.3 Å². The van der Waals surface area contributed by atoms with E-state index in [2.05, 4.69) is 58.4 Å². The van der Waals surface area contributed by atoms with Gasteiger partial charge >= 0.3 is 11.4 Å². The lowest BCUT2D eigenvalue weighted by Crippen LogP contribution is -2.46. The lowest BCUT2D eigenvalue weighted by Gasteiger charge is -2.36. The number of nitrogens with zero attached hydrogens (tertiary/aromatic N) is 3. The van der Waals surface area contributed by atoms with Crippen LogP contribution in [0.5, 0.6) is 0 Å². The summed E-state index contributed by atoms with van der Waals surface area (Å²) in [6.45, 7) is 6.25. The molecule has 1 aromatic rings. The maximum Gasteiger partial charge on any atom is 0.303 e. The molecule has 1 aliphatic carbocycles. The number of benzene rings is 1. The molecule has 8 heteroatoms. The molecular weight excluding hydrogens is 412 g/mol. The van der Waals surface area contributed by atoms with Crippen molar-refractivity contribution >= 4 is 22.7 Å². The van der Waals surface area contributed by atoms with Crippen molar-refractivity contribution in [3.8, 4) is 0 Å². The van der Waals surface area contributed by atoms with Crippen LogP contribution in [-0.4, -0.2) is 73.3 Å². The van der Waals surface area contributed by atoms with Gasteiger partial charge in [-0.05, 0) is 62.9 Å². The maximum absolute atomic E-state index is 11.2. The maximum atomic E-state index is 11.2. The van der Waals surface area contributed by atoms with Gasteiger partial charge in [-0.3, -0.25) is 14.8 Å². The van der Waals surface area contributed by atoms with Crippen molar-refractivity contribution in [2.45, 2.75) is 51.2 Å². The molecule has 0 aromatic heterocycles. The molecule has 2 atom stereocenters. The smallest absolute Gasteiger partial charge is 0.303 e. The van der Waals surface area contributed by atoms with Crippen LogP contribution in [-0.2, 0) is 15.5 Å². The number of hydrogen-bond acceptors (Lipinski definition) is 6. The standard InChI is InChI=1S/C23H40N4O3S/c1-25(2)21-11-8-12-22(19-21)27-17-15-26(16-18-27)14-7-6-13-24-23(30-31(28)29)20-9-4-3-5-10-20/h8,11-12,19-20,23-24H,3-7,9-10,13-18H2,1-2H3,(H,28,29). The van der Waals surface area contributed by atoms with Crippen molar-refractivity contribution < 1.29 is 12.9 Å². The molecule has 7 nitrogen and oxygen atoms in total. The summed E-state index contributed by atoms with van der Waals surface area (Å²) in [5.74, 6) is 0.351. The number of nitrogens with one attached hydrogen (secondary N) is 1. The second-order valence-electron chi connectivity index (χ2n) is 9.04. The third-order valence-electron chi connectivity index (χ3n) is 6.59. The molecule has 1 saturated heterocycles. The fourth-order valence-electron chi connectivity index (χ4n) is 4.71. The quantitative estimate of drug-likeness (QED) is 0.303. The van der Waals surface area contributed by atoms with E-state index in [9.17, 15) is 4.21 Å². The van der Waals surface area contributed by atoms with E-state index in [4.69, 9.17) is 8.74 Å². The van der Waals surface area contributed by atoms with Crippen LogP contribution in [0.4, 0.5) is 11.4 Å². The highest BCUT2D eigenvalue weighted by molar-refractivity contribution is 7.74. The van der Waals surface area contributed by atoms with E-state index in [0.717, 1.165) is 65.0 Å². The highest BCUT2D eigenvalue weighted by Crippen LogP contribution is 2.27. The molecule has 0 amide bonds. The predicted molar refractivity (Wildman–Crippen MR) is 129 cm³/mol. The molecular formula is C23H40N4O3S. The van der Waals surface area contributed by atoms with Crippen molar-refractivity contribution in [2.24, 2.45) is 5.92 Å². The summed E-state index contributed by atoms with van der Waals surface area (Å²) < 4.78 is 25.6. The zero-order chi connectivity index (χ0) is 22.1. The van der Waals surface area contributed by atoms with Gasteiger partial charge in [-0.25, -0.2) is 4.18 Å². The zero-order valence-corrected chi connectivity index (χ0v) is 20.0. The van der Waals surface area contributed by atoms with Crippen molar-refractivity contribution in [1.82, 2.24) is 10.2 Å². The van der Waals surface area contributed by atoms with E-state index in [1.165, 1.54) is 30.6 Å². The van der Waals surface area contributed by atoms with Crippen LogP contribution < -0.4 is 15.1 Å². The number of piperazine rings is 1. The summed E-state index contributed by atoms with van der Waals surface area (Å²) >= 11 is -2.21. The minimum Gasteiger partial charge on any atom is -0.378 e. The molecule has 3 rings (SSSR count). The third-order valence-corrected chi connectivity index (χ3v) is 6.97. The molecule has 0 spiro atoms. The zero-order valence-electron chi connectivity index (χ0n) is 19.2. The van der Waals surface area contributed by atoms with E-state index in [1.54, 1.807) is 0 Å². The molecule has 0 bridgehead atoms. The fraction of sp³-hybridized carbons (Fsp3) is 0.739. The first kappa shape index (κ1) is 24.5. The first-order valence-electron chi connectivity index (χ1n) is 11.8. The summed E-state index contributed by atoms with van der Waals surface area (Å²) in [4.78, 5) is 7.17. The molecule has 1 saturated carbocycles. The molecule has 1 heterocycles. The summed E-state index contributed by atoms with van der Waals surface area (Å²) in [7, 11) is 4.16. The van der Waals surface area contributed by atoms with Gasteiger partial charge in [0.25, 0.3) is 0 Å². The van der Waals surface area contributed by atoms with Gasteiger partial charge < -0.3 is 9.80 Å². The Kier molecular flexibility index (Phi) is 10.1. The van der Waals surface area contributed by atoms with Crippen LogP contribution in [0, 0.1) is 5.92 Å². The summed E-state index contributed by atoms with van der Waals surface area (Å²) in [5.41, 5.74) is 2.55. The second-order valence-corrected chi connectivity index (χ2v) is 9.66. The molecule has 1 aromatic carbocycles. The molecule has 1 aliphatic heterocycles. The summed E-state index contributed by atoms with van der Waals surface area (Å²) in [6, 6.07) is 8.76. The number of unbranched alkanes of at least 4 members (excludes halogenated alkanes) is 1. The van der Waals surface area contributed by atoms with Crippen LogP contribution >= 0.6 is 0 Å². The Bertz CT molecular complexity index is 677. The van der Waals surface area contributed by atoms with Gasteiger partial charge in [-0.1, -0.05) is 25.3 Å². The Balaban J connectivity index is 1.33. The van der Waals surface area contributed by atoms with Gasteiger partial charge in [0.2, 0.25) is 0 Å². The van der Waals surface area contributed by atoms with E-state index >= 15 is 0 Å². The molecule has 2 unspecified atom stereocenters. The van der Waals surface area contributed by atoms with E-state index in [-0.39, 0.29) is 6.23 Å². The Hall–Kier alpha value is -1.19. The van der Waals surface area contributed by atoms with E-state index in [1.807, 2.05) is 0 Å². The van der Waals surface area contributed by atoms with Crippen molar-refractivity contribution in [1.29, 1.82) is 0 Å². The summed E-state index contributed by atoms with van der Waals surface area (Å²) in [5, 5.41) is 3.40. The number of anilines is 2. The largest absolute Gasteiger partial charge is 0.378 e. The Morgan fingerprint density at radius 1 is 1.16 bits per heavy atom. The number of hydrogen-bond donors (Lipinski definition) is 2. The molecule has 176 valence electrons. The Labute approximate surface area is 190 Å². The van der Waals surface area contributed by atoms with Crippen LogP contribution in [0.15, 0.2) is 24.3 Å². The normalized spacial score (nSPS) is 20.5. The van der Waals surface area contributed by atoms with Gasteiger partial charge in [0.1, 0.15) is 6.23 Å². The summed E-state index contributed by atoms with van der Waals surface area (Å²) in [6.07, 6.45) is 7.68. The third kappa shape index (κ3) is 8.02. The predicted octanol–water partition coefficient (Wildman–Crippen LogP) is 3.30. The second kappa shape index (κ2) is 12.7. The van der Waals surface area contributed by atoms with Crippen LogP contribution in [0.25, 0.3) is 0 Å². The SMILES string of the molecule is CN(C)c1cccc(N2CCN(CCCCNC(OS(=O)O)C3CCCCC3)CC2)c1. The first-order chi connectivity index (χ1) is 15.0. The molecule has 2 aliphatic rings. The average Bonchev–Trinajstić information content (AvgIpc) is 2.79. The van der Waals surface area contributed by atoms with Crippen molar-refractivity contribution in [3.05, 3.63) is 24.3 Å². The fourth-order valence-corrected chi connectivity index (χ4v) is 5.11. The molecule has 0 radical (unpaired) electrons. The highest BCUT2D eigenvalue weighted by atomic mass is 32.2. The van der Waals surface area contributed by atoms with Gasteiger partial charge in [0.05, 0.1) is 0 Å². The van der Waals surface area contributed by atoms with Crippen LogP contribution in [0.1, 0.15) is 44.9 Å². The minimum atomic E-state index is -2.21. The Morgan fingerprint density at radius 2 is 1.90 bits per heavy atom. The monoisotopic (exact) mass is 452 g/mol. The van der Waals surface area contributed by atoms with Crippen molar-refractivity contribution in [2.75, 3.05) is 63.2 Å². The van der Waals surface area contributed by atoms with Gasteiger partial charge in [-0.15, -0.1) is 0 Å². The molecule has 31 heavy (non-hydrogen) atoms. The van der Waals surface area contributed by atoms with Gasteiger partial charge in [0, 0.05) is 51.6 Å². The highest BCUT2D eigenvalue weighted by Gasteiger charge is 2.25. The first-order valence-corrected chi connectivity index (χ1v) is 12.8. The minimum absolute atomic E-state index is 0.299. The Morgan fingerprint density at radius 3 is 2.58 bits per heavy atom. The lowest BCUT2D eigenvalue weighted by molar-refractivity contribution is 0.0812. The van der Waals surface area contributed by atoms with Crippen LogP contribution in [0.3, 0.4) is 0 Å². The van der Waals surface area contributed by atoms with E-state index in [0.29, 0.717) is 5.92 Å². The average molecular weight is 453 g/mol.